The Labute approximate surface area is 111 Å². The molecule has 18 heavy (non-hydrogen) atoms. The lowest BCUT2D eigenvalue weighted by Gasteiger charge is -2.26. The Kier molecular flexibility index (Phi) is 3.22. The molecule has 3 nitrogen and oxygen atoms in total. The Hall–Kier alpha value is -1.13. The van der Waals surface area contributed by atoms with Gasteiger partial charge in [0.2, 0.25) is 0 Å². The second-order valence-corrected chi connectivity index (χ2v) is 6.08. The average Bonchev–Trinajstić information content (AvgIpc) is 2.81. The Morgan fingerprint density at radius 3 is 3.11 bits per heavy atom. The summed E-state index contributed by atoms with van der Waals surface area (Å²) in [6.07, 6.45) is 2.46. The van der Waals surface area contributed by atoms with Crippen molar-refractivity contribution in [3.8, 4) is 5.75 Å². The highest BCUT2D eigenvalue weighted by Crippen LogP contribution is 2.33. The van der Waals surface area contributed by atoms with Crippen molar-refractivity contribution >= 4 is 21.6 Å². The molecule has 1 fully saturated rings. The molecule has 0 aliphatic carbocycles. The van der Waals surface area contributed by atoms with Gasteiger partial charge >= 0.3 is 0 Å². The Bertz CT molecular complexity index is 552. The van der Waals surface area contributed by atoms with Crippen molar-refractivity contribution in [2.45, 2.75) is 25.8 Å². The molecule has 3 rings (SSSR count). The van der Waals surface area contributed by atoms with E-state index in [9.17, 15) is 0 Å². The lowest BCUT2D eigenvalue weighted by molar-refractivity contribution is 0.325. The van der Waals surface area contributed by atoms with E-state index >= 15 is 0 Å². The maximum Gasteiger partial charge on any atom is 0.120 e. The number of nitrogens with zero attached hydrogens (tertiary/aromatic N) is 1. The number of methoxy groups -OCH3 is 1. The van der Waals surface area contributed by atoms with Gasteiger partial charge in [0.25, 0.3) is 0 Å². The number of thiazole rings is 1. The molecule has 0 radical (unpaired) electrons. The molecule has 1 aliphatic rings. The van der Waals surface area contributed by atoms with E-state index < -0.39 is 0 Å². The van der Waals surface area contributed by atoms with Crippen LogP contribution in [0.5, 0.6) is 5.75 Å². The molecule has 0 spiro atoms. The Balaban J connectivity index is 1.92. The fraction of sp³-hybridized carbons (Fsp3) is 0.500. The van der Waals surface area contributed by atoms with Crippen LogP contribution >= 0.6 is 11.3 Å². The molecule has 1 aromatic heterocycles. The summed E-state index contributed by atoms with van der Waals surface area (Å²) in [5.74, 6) is 1.69. The van der Waals surface area contributed by atoms with Crippen LogP contribution in [0.25, 0.3) is 10.2 Å². The number of ether oxygens (including phenoxy) is 1. The summed E-state index contributed by atoms with van der Waals surface area (Å²) < 4.78 is 6.47. The van der Waals surface area contributed by atoms with E-state index in [0.717, 1.165) is 23.7 Å². The summed E-state index contributed by atoms with van der Waals surface area (Å²) in [5.41, 5.74) is 1.08. The van der Waals surface area contributed by atoms with Crippen LogP contribution in [0.15, 0.2) is 18.2 Å². The number of benzene rings is 1. The van der Waals surface area contributed by atoms with Crippen molar-refractivity contribution < 1.29 is 4.74 Å². The predicted molar refractivity (Wildman–Crippen MR) is 75.3 cm³/mol. The molecule has 2 heterocycles. The monoisotopic (exact) mass is 262 g/mol. The zero-order chi connectivity index (χ0) is 12.5. The van der Waals surface area contributed by atoms with E-state index in [1.165, 1.54) is 22.5 Å². The van der Waals surface area contributed by atoms with Crippen LogP contribution in [0.2, 0.25) is 0 Å². The van der Waals surface area contributed by atoms with Gasteiger partial charge < -0.3 is 10.1 Å². The van der Waals surface area contributed by atoms with Crippen LogP contribution in [-0.2, 0) is 0 Å². The lowest BCUT2D eigenvalue weighted by atomic mass is 9.95. The van der Waals surface area contributed by atoms with Crippen LogP contribution in [0.1, 0.15) is 30.8 Å². The highest BCUT2D eigenvalue weighted by molar-refractivity contribution is 7.18. The first kappa shape index (κ1) is 11.9. The Morgan fingerprint density at radius 2 is 2.33 bits per heavy atom. The first-order valence-electron chi connectivity index (χ1n) is 6.44. The van der Waals surface area contributed by atoms with Crippen molar-refractivity contribution in [2.24, 2.45) is 5.92 Å². The second-order valence-electron chi connectivity index (χ2n) is 5.02. The summed E-state index contributed by atoms with van der Waals surface area (Å²) in [4.78, 5) is 4.75. The predicted octanol–water partition coefficient (Wildman–Crippen LogP) is 3.37. The highest BCUT2D eigenvalue weighted by atomic mass is 32.1. The maximum absolute atomic E-state index is 5.26. The third kappa shape index (κ3) is 2.22. The van der Waals surface area contributed by atoms with Gasteiger partial charge in [-0.25, -0.2) is 4.98 Å². The van der Waals surface area contributed by atoms with Crippen molar-refractivity contribution in [3.05, 3.63) is 23.2 Å². The molecule has 2 atom stereocenters. The normalized spacial score (nSPS) is 24.3. The lowest BCUT2D eigenvalue weighted by Crippen LogP contribution is -2.30. The molecule has 4 heteroatoms. The van der Waals surface area contributed by atoms with Gasteiger partial charge in [-0.2, -0.15) is 0 Å². The first-order valence-corrected chi connectivity index (χ1v) is 7.26. The molecule has 1 aromatic carbocycles. The van der Waals surface area contributed by atoms with Gasteiger partial charge in [0.1, 0.15) is 10.8 Å². The molecular weight excluding hydrogens is 244 g/mol. The number of hydrogen-bond acceptors (Lipinski definition) is 4. The molecule has 1 saturated heterocycles. The van der Waals surface area contributed by atoms with Crippen molar-refractivity contribution in [2.75, 3.05) is 13.7 Å². The molecule has 2 unspecified atom stereocenters. The van der Waals surface area contributed by atoms with Gasteiger partial charge in [-0.05, 0) is 43.5 Å². The van der Waals surface area contributed by atoms with Gasteiger partial charge in [-0.1, -0.05) is 6.92 Å². The minimum Gasteiger partial charge on any atom is -0.497 e. The molecule has 0 saturated carbocycles. The minimum atomic E-state index is 0.428. The number of fused-ring (bicyclic) bond motifs is 1. The fourth-order valence-electron chi connectivity index (χ4n) is 2.49. The third-order valence-electron chi connectivity index (χ3n) is 3.58. The van der Waals surface area contributed by atoms with Crippen molar-refractivity contribution in [1.82, 2.24) is 10.3 Å². The van der Waals surface area contributed by atoms with Crippen LogP contribution in [0.4, 0.5) is 0 Å². The molecule has 2 aromatic rings. The van der Waals surface area contributed by atoms with Gasteiger partial charge in [0.15, 0.2) is 0 Å². The summed E-state index contributed by atoms with van der Waals surface area (Å²) in [6, 6.07) is 6.52. The van der Waals surface area contributed by atoms with E-state index in [1.807, 2.05) is 12.1 Å². The SMILES string of the molecule is COc1ccc2nc(C3CC(C)CCN3)sc2c1. The van der Waals surface area contributed by atoms with Crippen molar-refractivity contribution in [1.29, 1.82) is 0 Å². The van der Waals surface area contributed by atoms with E-state index in [0.29, 0.717) is 6.04 Å². The number of nitrogens with one attached hydrogen (secondary N) is 1. The molecule has 1 N–H and O–H groups in total. The van der Waals surface area contributed by atoms with Crippen LogP contribution in [0, 0.1) is 5.92 Å². The number of hydrogen-bond donors (Lipinski definition) is 1. The largest absolute Gasteiger partial charge is 0.497 e. The highest BCUT2D eigenvalue weighted by Gasteiger charge is 2.22. The third-order valence-corrected chi connectivity index (χ3v) is 4.71. The zero-order valence-corrected chi connectivity index (χ0v) is 11.6. The standard InChI is InChI=1S/C14H18N2OS/c1-9-5-6-15-12(7-9)14-16-11-4-3-10(17-2)8-13(11)18-14/h3-4,8-9,12,15H,5-7H2,1-2H3. The van der Waals surface area contributed by atoms with Crippen LogP contribution in [0.3, 0.4) is 0 Å². The zero-order valence-electron chi connectivity index (χ0n) is 10.8. The summed E-state index contributed by atoms with van der Waals surface area (Å²) >= 11 is 1.78. The molecule has 96 valence electrons. The summed E-state index contributed by atoms with van der Waals surface area (Å²) in [5, 5.41) is 4.78. The van der Waals surface area contributed by atoms with Crippen molar-refractivity contribution in [3.63, 3.8) is 0 Å². The molecule has 0 amide bonds. The Morgan fingerprint density at radius 1 is 1.44 bits per heavy atom. The van der Waals surface area contributed by atoms with Gasteiger partial charge in [-0.3, -0.25) is 0 Å². The summed E-state index contributed by atoms with van der Waals surface area (Å²) in [7, 11) is 1.70. The topological polar surface area (TPSA) is 34.1 Å². The number of aromatic nitrogens is 1. The van der Waals surface area contributed by atoms with Gasteiger partial charge in [-0.15, -0.1) is 11.3 Å². The first-order chi connectivity index (χ1) is 8.76. The fourth-order valence-corrected chi connectivity index (χ4v) is 3.58. The second kappa shape index (κ2) is 4.86. The number of piperidine rings is 1. The van der Waals surface area contributed by atoms with E-state index in [-0.39, 0.29) is 0 Å². The van der Waals surface area contributed by atoms with E-state index in [4.69, 9.17) is 9.72 Å². The molecule has 0 bridgehead atoms. The summed E-state index contributed by atoms with van der Waals surface area (Å²) in [6.45, 7) is 3.43. The van der Waals surface area contributed by atoms with Crippen LogP contribution < -0.4 is 10.1 Å². The maximum atomic E-state index is 5.26. The van der Waals surface area contributed by atoms with E-state index in [2.05, 4.69) is 18.3 Å². The smallest absolute Gasteiger partial charge is 0.120 e. The molecular formula is C14H18N2OS. The van der Waals surface area contributed by atoms with E-state index in [1.54, 1.807) is 18.4 Å². The van der Waals surface area contributed by atoms with Crippen LogP contribution in [-0.4, -0.2) is 18.6 Å². The average molecular weight is 262 g/mol. The van der Waals surface area contributed by atoms with Gasteiger partial charge in [0, 0.05) is 0 Å². The van der Waals surface area contributed by atoms with Gasteiger partial charge in [0.05, 0.1) is 23.4 Å². The molecule has 1 aliphatic heterocycles. The number of rotatable bonds is 2. The minimum absolute atomic E-state index is 0.428. The quantitative estimate of drug-likeness (QED) is 0.901.